The normalized spacial score (nSPS) is 17.2. The zero-order valence-corrected chi connectivity index (χ0v) is 17.1. The first-order chi connectivity index (χ1) is 11.3. The molecule has 5 nitrogen and oxygen atoms in total. The molecule has 0 spiro atoms. The van der Waals surface area contributed by atoms with Crippen molar-refractivity contribution in [1.29, 1.82) is 0 Å². The molecular formula is C18H32IN3O2. The molecule has 1 saturated carbocycles. The van der Waals surface area contributed by atoms with Gasteiger partial charge in [0.05, 0.1) is 6.26 Å². The number of furan rings is 1. The van der Waals surface area contributed by atoms with E-state index in [4.69, 9.17) is 9.41 Å². The monoisotopic (exact) mass is 449 g/mol. The molecule has 1 aliphatic carbocycles. The lowest BCUT2D eigenvalue weighted by Gasteiger charge is -2.35. The highest BCUT2D eigenvalue weighted by molar-refractivity contribution is 14.0. The molecule has 1 heterocycles. The predicted molar refractivity (Wildman–Crippen MR) is 109 cm³/mol. The van der Waals surface area contributed by atoms with Crippen molar-refractivity contribution in [3.8, 4) is 0 Å². The van der Waals surface area contributed by atoms with Crippen LogP contribution in [0.25, 0.3) is 0 Å². The van der Waals surface area contributed by atoms with Gasteiger partial charge in [-0.3, -0.25) is 4.99 Å². The summed E-state index contributed by atoms with van der Waals surface area (Å²) in [6, 6.07) is 3.90. The first-order valence-corrected chi connectivity index (χ1v) is 8.93. The van der Waals surface area contributed by atoms with Crippen LogP contribution in [0.1, 0.15) is 51.2 Å². The molecule has 2 rings (SSSR count). The maximum absolute atomic E-state index is 9.41. The molecule has 3 N–H and O–H groups in total. The lowest BCUT2D eigenvalue weighted by Crippen LogP contribution is -2.40. The molecule has 0 radical (unpaired) electrons. The highest BCUT2D eigenvalue weighted by atomic mass is 127. The van der Waals surface area contributed by atoms with Crippen molar-refractivity contribution >= 4 is 29.9 Å². The van der Waals surface area contributed by atoms with Gasteiger partial charge in [-0.1, -0.05) is 19.3 Å². The van der Waals surface area contributed by atoms with Crippen molar-refractivity contribution < 1.29 is 9.52 Å². The van der Waals surface area contributed by atoms with Crippen LogP contribution in [0.2, 0.25) is 0 Å². The van der Waals surface area contributed by atoms with Gasteiger partial charge in [-0.15, -0.1) is 24.0 Å². The lowest BCUT2D eigenvalue weighted by atomic mass is 9.72. The second-order valence-electron chi connectivity index (χ2n) is 6.49. The first kappa shape index (κ1) is 21.3. The van der Waals surface area contributed by atoms with Crippen molar-refractivity contribution in [2.24, 2.45) is 10.4 Å². The second-order valence-corrected chi connectivity index (χ2v) is 6.49. The van der Waals surface area contributed by atoms with Crippen molar-refractivity contribution in [2.75, 3.05) is 26.2 Å². The van der Waals surface area contributed by atoms with E-state index < -0.39 is 0 Å². The van der Waals surface area contributed by atoms with Crippen LogP contribution < -0.4 is 10.6 Å². The minimum atomic E-state index is 0. The molecule has 0 aliphatic heterocycles. The average Bonchev–Trinajstić information content (AvgIpc) is 3.07. The van der Waals surface area contributed by atoms with Crippen molar-refractivity contribution in [1.82, 2.24) is 10.6 Å². The number of aliphatic hydroxyl groups is 1. The highest BCUT2D eigenvalue weighted by Crippen LogP contribution is 2.39. The van der Waals surface area contributed by atoms with Crippen molar-refractivity contribution in [2.45, 2.75) is 51.9 Å². The Morgan fingerprint density at radius 3 is 2.71 bits per heavy atom. The maximum Gasteiger partial charge on any atom is 0.191 e. The largest absolute Gasteiger partial charge is 0.469 e. The van der Waals surface area contributed by atoms with Gasteiger partial charge in [-0.25, -0.2) is 0 Å². The molecule has 1 aliphatic rings. The third-order valence-corrected chi connectivity index (χ3v) is 4.72. The van der Waals surface area contributed by atoms with E-state index in [1.807, 2.05) is 12.1 Å². The van der Waals surface area contributed by atoms with Crippen LogP contribution in [0.15, 0.2) is 27.8 Å². The molecule has 0 saturated heterocycles. The Labute approximate surface area is 162 Å². The molecule has 0 atom stereocenters. The summed E-state index contributed by atoms with van der Waals surface area (Å²) in [5, 5.41) is 16.1. The Bertz CT molecular complexity index is 451. The van der Waals surface area contributed by atoms with E-state index >= 15 is 0 Å². The summed E-state index contributed by atoms with van der Waals surface area (Å²) in [5.41, 5.74) is 0.191. The molecule has 1 fully saturated rings. The Morgan fingerprint density at radius 1 is 1.29 bits per heavy atom. The van der Waals surface area contributed by atoms with E-state index in [2.05, 4.69) is 17.6 Å². The van der Waals surface area contributed by atoms with Crippen LogP contribution in [0.3, 0.4) is 0 Å². The minimum Gasteiger partial charge on any atom is -0.469 e. The molecule has 0 aromatic carbocycles. The van der Waals surface area contributed by atoms with E-state index in [1.165, 1.54) is 32.1 Å². The van der Waals surface area contributed by atoms with Crippen LogP contribution in [-0.2, 0) is 6.42 Å². The summed E-state index contributed by atoms with van der Waals surface area (Å²) in [5.74, 6) is 1.85. The van der Waals surface area contributed by atoms with Gasteiger partial charge in [0.1, 0.15) is 5.76 Å². The zero-order chi connectivity index (χ0) is 16.4. The average molecular weight is 449 g/mol. The predicted octanol–water partition coefficient (Wildman–Crippen LogP) is 3.33. The number of nitrogens with zero attached hydrogens (tertiary/aromatic N) is 1. The van der Waals surface area contributed by atoms with Gasteiger partial charge >= 0.3 is 0 Å². The molecule has 1 aromatic heterocycles. The number of rotatable bonds is 8. The first-order valence-electron chi connectivity index (χ1n) is 8.93. The van der Waals surface area contributed by atoms with Gasteiger partial charge in [-0.2, -0.15) is 0 Å². The summed E-state index contributed by atoms with van der Waals surface area (Å²) >= 11 is 0. The lowest BCUT2D eigenvalue weighted by molar-refractivity contribution is 0.137. The number of aliphatic imine (C=N–C) groups is 1. The van der Waals surface area contributed by atoms with Crippen LogP contribution in [0.5, 0.6) is 0 Å². The number of hydrogen-bond acceptors (Lipinski definition) is 3. The van der Waals surface area contributed by atoms with E-state index in [1.54, 1.807) is 6.26 Å². The maximum atomic E-state index is 9.41. The quantitative estimate of drug-likeness (QED) is 0.324. The zero-order valence-electron chi connectivity index (χ0n) is 14.7. The Morgan fingerprint density at radius 2 is 2.08 bits per heavy atom. The molecule has 6 heteroatoms. The van der Waals surface area contributed by atoms with Crippen molar-refractivity contribution in [3.05, 3.63) is 24.2 Å². The summed E-state index contributed by atoms with van der Waals surface area (Å²) in [7, 11) is 0. The van der Waals surface area contributed by atoms with Gasteiger partial charge in [-0.05, 0) is 43.7 Å². The number of nitrogens with one attached hydrogen (secondary N) is 2. The molecule has 0 unspecified atom stereocenters. The Kier molecular flexibility index (Phi) is 10.4. The molecule has 24 heavy (non-hydrogen) atoms. The molecular weight excluding hydrogens is 417 g/mol. The van der Waals surface area contributed by atoms with E-state index in [-0.39, 0.29) is 36.0 Å². The molecule has 138 valence electrons. The summed E-state index contributed by atoms with van der Waals surface area (Å²) < 4.78 is 5.35. The van der Waals surface area contributed by atoms with Crippen LogP contribution in [-0.4, -0.2) is 37.3 Å². The molecule has 1 aromatic rings. The SMILES string of the molecule is CCNC(=NCC1(CCO)CCCCC1)NCCc1ccco1.I. The molecule has 0 bridgehead atoms. The smallest absolute Gasteiger partial charge is 0.191 e. The van der Waals surface area contributed by atoms with Crippen molar-refractivity contribution in [3.63, 3.8) is 0 Å². The number of aliphatic hydroxyl groups excluding tert-OH is 1. The van der Waals surface area contributed by atoms with Gasteiger partial charge in [0.15, 0.2) is 5.96 Å². The minimum absolute atomic E-state index is 0. The Balaban J connectivity index is 0.00000288. The van der Waals surface area contributed by atoms with Gasteiger partial charge < -0.3 is 20.2 Å². The second kappa shape index (κ2) is 11.7. The van der Waals surface area contributed by atoms with Gasteiger partial charge in [0.25, 0.3) is 0 Å². The van der Waals surface area contributed by atoms with Crippen LogP contribution in [0, 0.1) is 5.41 Å². The summed E-state index contributed by atoms with van der Waals surface area (Å²) in [6.07, 6.45) is 9.62. The standard InChI is InChI=1S/C18H31N3O2.HI/c1-2-19-17(20-12-8-16-7-6-14-23-16)21-15-18(11-13-22)9-4-3-5-10-18;/h6-7,14,22H,2-5,8-13,15H2,1H3,(H2,19,20,21);1H. The van der Waals surface area contributed by atoms with Gasteiger partial charge in [0, 0.05) is 32.7 Å². The fourth-order valence-electron chi connectivity index (χ4n) is 3.37. The number of halogens is 1. The number of guanidine groups is 1. The van der Waals surface area contributed by atoms with Crippen LogP contribution in [0.4, 0.5) is 0 Å². The van der Waals surface area contributed by atoms with E-state index in [0.717, 1.165) is 44.2 Å². The third kappa shape index (κ3) is 7.01. The fourth-order valence-corrected chi connectivity index (χ4v) is 3.37. The summed E-state index contributed by atoms with van der Waals surface area (Å²) in [6.45, 7) is 4.78. The fraction of sp³-hybridized carbons (Fsp3) is 0.722. The van der Waals surface area contributed by atoms with Crippen LogP contribution >= 0.6 is 24.0 Å². The van der Waals surface area contributed by atoms with Gasteiger partial charge in [0.2, 0.25) is 0 Å². The highest BCUT2D eigenvalue weighted by Gasteiger charge is 2.31. The third-order valence-electron chi connectivity index (χ3n) is 4.72. The Hall–Kier alpha value is -0.760. The topological polar surface area (TPSA) is 69.8 Å². The van der Waals surface area contributed by atoms with E-state index in [9.17, 15) is 5.11 Å². The van der Waals surface area contributed by atoms with E-state index in [0.29, 0.717) is 0 Å². The summed E-state index contributed by atoms with van der Waals surface area (Å²) in [4.78, 5) is 4.80. The number of hydrogen-bond donors (Lipinski definition) is 3. The molecule has 0 amide bonds.